The highest BCUT2D eigenvalue weighted by atomic mass is 31.2. The van der Waals surface area contributed by atoms with Crippen molar-refractivity contribution in [3.63, 3.8) is 0 Å². The van der Waals surface area contributed by atoms with Crippen LogP contribution < -0.4 is 0 Å². The summed E-state index contributed by atoms with van der Waals surface area (Å²) in [7, 11) is -4.75. The minimum absolute atomic E-state index is 0.220. The second kappa shape index (κ2) is 40.3. The third-order valence-corrected chi connectivity index (χ3v) is 11.4. The summed E-state index contributed by atoms with van der Waals surface area (Å²) in [6.07, 6.45) is 42.5. The van der Waals surface area contributed by atoms with Crippen molar-refractivity contribution in [2.75, 3.05) is 13.2 Å². The highest BCUT2D eigenvalue weighted by molar-refractivity contribution is 7.46. The Morgan fingerprint density at radius 3 is 1.17 bits per heavy atom. The van der Waals surface area contributed by atoms with Crippen molar-refractivity contribution < 1.29 is 37.9 Å². The van der Waals surface area contributed by atoms with Gasteiger partial charge in [-0.05, 0) is 18.8 Å². The predicted octanol–water partition coefficient (Wildman–Crippen LogP) is 14.3. The first kappa shape index (κ1) is 53.0. The topological polar surface area (TPSA) is 119 Å². The van der Waals surface area contributed by atoms with E-state index >= 15 is 0 Å². The maximum atomic E-state index is 12.4. The number of phosphoric ester groups is 1. The standard InChI is InChI=1S/C45H89O8P/c1-4-6-7-8-9-10-11-12-13-14-15-16-21-24-27-30-33-36-39-45(47)53-43(41-52-54(48,49)50)40-51-44(46)38-35-32-29-26-23-20-18-17-19-22-25-28-31-34-37-42(3)5-2/h42-43H,4-41H2,1-3H3,(H2,48,49,50)/t42?,43-/m1/s1. The third kappa shape index (κ3) is 42.2. The lowest BCUT2D eigenvalue weighted by Gasteiger charge is -2.18. The minimum Gasteiger partial charge on any atom is -0.462 e. The van der Waals surface area contributed by atoms with Gasteiger partial charge in [-0.2, -0.15) is 0 Å². The number of carbonyl (C=O) groups is 2. The van der Waals surface area contributed by atoms with E-state index in [2.05, 4.69) is 25.3 Å². The molecular weight excluding hydrogens is 699 g/mol. The maximum absolute atomic E-state index is 12.4. The summed E-state index contributed by atoms with van der Waals surface area (Å²) in [6, 6.07) is 0. The van der Waals surface area contributed by atoms with E-state index < -0.39 is 32.5 Å². The largest absolute Gasteiger partial charge is 0.469 e. The van der Waals surface area contributed by atoms with E-state index in [1.807, 2.05) is 0 Å². The molecule has 0 aromatic heterocycles. The summed E-state index contributed by atoms with van der Waals surface area (Å²) in [4.78, 5) is 43.0. The highest BCUT2D eigenvalue weighted by Gasteiger charge is 2.23. The zero-order chi connectivity index (χ0) is 39.8. The first-order valence-corrected chi connectivity index (χ1v) is 24.8. The Labute approximate surface area is 334 Å². The van der Waals surface area contributed by atoms with E-state index in [0.29, 0.717) is 6.42 Å². The van der Waals surface area contributed by atoms with Gasteiger partial charge in [0.1, 0.15) is 6.61 Å². The minimum atomic E-state index is -4.75. The molecule has 0 saturated carbocycles. The molecule has 0 saturated heterocycles. The Morgan fingerprint density at radius 1 is 0.481 bits per heavy atom. The molecule has 9 heteroatoms. The van der Waals surface area contributed by atoms with Crippen LogP contribution in [0.1, 0.15) is 252 Å². The molecule has 0 aliphatic rings. The number of ether oxygens (including phenoxy) is 2. The number of hydrogen-bond donors (Lipinski definition) is 2. The fourth-order valence-corrected chi connectivity index (χ4v) is 7.42. The molecule has 0 spiro atoms. The van der Waals surface area contributed by atoms with Gasteiger partial charge in [-0.3, -0.25) is 14.1 Å². The maximum Gasteiger partial charge on any atom is 0.469 e. The van der Waals surface area contributed by atoms with Gasteiger partial charge in [-0.15, -0.1) is 0 Å². The zero-order valence-corrected chi connectivity index (χ0v) is 36.7. The molecule has 0 amide bonds. The molecule has 0 rings (SSSR count). The summed E-state index contributed by atoms with van der Waals surface area (Å²) in [5.74, 6) is 0.0190. The van der Waals surface area contributed by atoms with Crippen LogP contribution in [0.3, 0.4) is 0 Å². The average molecular weight is 789 g/mol. The highest BCUT2D eigenvalue weighted by Crippen LogP contribution is 2.36. The Hall–Kier alpha value is -0.950. The smallest absolute Gasteiger partial charge is 0.462 e. The van der Waals surface area contributed by atoms with Crippen molar-refractivity contribution in [3.8, 4) is 0 Å². The summed E-state index contributed by atoms with van der Waals surface area (Å²) in [5.41, 5.74) is 0. The molecule has 0 radical (unpaired) electrons. The second-order valence-electron chi connectivity index (χ2n) is 16.3. The van der Waals surface area contributed by atoms with E-state index in [1.165, 1.54) is 180 Å². The van der Waals surface area contributed by atoms with Crippen molar-refractivity contribution in [2.24, 2.45) is 5.92 Å². The lowest BCUT2D eigenvalue weighted by molar-refractivity contribution is -0.161. The Balaban J connectivity index is 3.82. The molecule has 0 bridgehead atoms. The van der Waals surface area contributed by atoms with Crippen molar-refractivity contribution >= 4 is 19.8 Å². The molecular formula is C45H89O8P. The van der Waals surface area contributed by atoms with Crippen LogP contribution in [0, 0.1) is 5.92 Å². The van der Waals surface area contributed by atoms with E-state index in [9.17, 15) is 14.2 Å². The second-order valence-corrected chi connectivity index (χ2v) is 17.6. The van der Waals surface area contributed by atoms with Gasteiger partial charge < -0.3 is 19.3 Å². The molecule has 0 heterocycles. The molecule has 0 aromatic rings. The van der Waals surface area contributed by atoms with Crippen LogP contribution in [-0.4, -0.2) is 41.0 Å². The van der Waals surface area contributed by atoms with Gasteiger partial charge in [0.25, 0.3) is 0 Å². The number of phosphoric acid groups is 1. The van der Waals surface area contributed by atoms with Crippen LogP contribution in [-0.2, 0) is 28.2 Å². The molecule has 0 fully saturated rings. The summed E-state index contributed by atoms with van der Waals surface area (Å²) in [5, 5.41) is 0. The first-order chi connectivity index (χ1) is 26.2. The Morgan fingerprint density at radius 2 is 0.815 bits per heavy atom. The van der Waals surface area contributed by atoms with E-state index in [-0.39, 0.29) is 19.4 Å². The number of esters is 2. The number of carbonyl (C=O) groups excluding carboxylic acids is 2. The summed E-state index contributed by atoms with van der Waals surface area (Å²) >= 11 is 0. The molecule has 8 nitrogen and oxygen atoms in total. The quantitative estimate of drug-likeness (QED) is 0.0356. The molecule has 2 N–H and O–H groups in total. The monoisotopic (exact) mass is 789 g/mol. The molecule has 54 heavy (non-hydrogen) atoms. The Kier molecular flexibility index (Phi) is 39.5. The fraction of sp³-hybridized carbons (Fsp3) is 0.956. The molecule has 322 valence electrons. The van der Waals surface area contributed by atoms with Gasteiger partial charge in [-0.25, -0.2) is 4.57 Å². The van der Waals surface area contributed by atoms with Crippen LogP contribution >= 0.6 is 7.82 Å². The summed E-state index contributed by atoms with van der Waals surface area (Å²) < 4.78 is 26.5. The van der Waals surface area contributed by atoms with Crippen LogP contribution in [0.5, 0.6) is 0 Å². The van der Waals surface area contributed by atoms with Gasteiger partial charge in [-0.1, -0.05) is 226 Å². The molecule has 0 aliphatic carbocycles. The zero-order valence-electron chi connectivity index (χ0n) is 35.8. The summed E-state index contributed by atoms with van der Waals surface area (Å²) in [6.45, 7) is 6.11. The molecule has 0 aromatic carbocycles. The van der Waals surface area contributed by atoms with Crippen LogP contribution in [0.4, 0.5) is 0 Å². The van der Waals surface area contributed by atoms with Gasteiger partial charge >= 0.3 is 19.8 Å². The van der Waals surface area contributed by atoms with Crippen molar-refractivity contribution in [2.45, 2.75) is 258 Å². The molecule has 0 aliphatic heterocycles. The van der Waals surface area contributed by atoms with E-state index in [1.54, 1.807) is 0 Å². The predicted molar refractivity (Wildman–Crippen MR) is 226 cm³/mol. The number of rotatable bonds is 43. The number of unbranched alkanes of at least 4 members (excludes halogenated alkanes) is 30. The van der Waals surface area contributed by atoms with Gasteiger partial charge in [0.05, 0.1) is 6.61 Å². The third-order valence-electron chi connectivity index (χ3n) is 10.9. The van der Waals surface area contributed by atoms with Gasteiger partial charge in [0.15, 0.2) is 6.10 Å². The Bertz CT molecular complexity index is 863. The van der Waals surface area contributed by atoms with Crippen molar-refractivity contribution in [1.29, 1.82) is 0 Å². The van der Waals surface area contributed by atoms with Gasteiger partial charge in [0.2, 0.25) is 0 Å². The fourth-order valence-electron chi connectivity index (χ4n) is 7.06. The van der Waals surface area contributed by atoms with Crippen LogP contribution in [0.2, 0.25) is 0 Å². The SMILES string of the molecule is CCCCCCCCCCCCCCCCCCCCC(=O)O[C@H](COC(=O)CCCCCCCCCCCCCCCCC(C)CC)COP(=O)(O)O. The van der Waals surface area contributed by atoms with Crippen molar-refractivity contribution in [1.82, 2.24) is 0 Å². The van der Waals surface area contributed by atoms with E-state index in [4.69, 9.17) is 19.3 Å². The lowest BCUT2D eigenvalue weighted by Crippen LogP contribution is -2.29. The van der Waals surface area contributed by atoms with Crippen molar-refractivity contribution in [3.05, 3.63) is 0 Å². The van der Waals surface area contributed by atoms with Crippen LogP contribution in [0.25, 0.3) is 0 Å². The van der Waals surface area contributed by atoms with Crippen LogP contribution in [0.15, 0.2) is 0 Å². The number of hydrogen-bond acceptors (Lipinski definition) is 6. The molecule has 1 unspecified atom stereocenters. The first-order valence-electron chi connectivity index (χ1n) is 23.2. The molecule has 2 atom stereocenters. The van der Waals surface area contributed by atoms with Gasteiger partial charge in [0, 0.05) is 12.8 Å². The normalized spacial score (nSPS) is 12.9. The average Bonchev–Trinajstić information content (AvgIpc) is 3.14. The van der Waals surface area contributed by atoms with E-state index in [0.717, 1.165) is 38.0 Å². The lowest BCUT2D eigenvalue weighted by atomic mass is 9.99.